The summed E-state index contributed by atoms with van der Waals surface area (Å²) in [5, 5.41) is 1.71. The van der Waals surface area contributed by atoms with Crippen LogP contribution >= 0.6 is 12.2 Å². The Morgan fingerprint density at radius 3 is 3.08 bits per heavy atom. The van der Waals surface area contributed by atoms with Crippen molar-refractivity contribution in [2.75, 3.05) is 0 Å². The fraction of sp³-hybridized carbons (Fsp3) is 0.400. The molecule has 0 N–H and O–H groups in total. The molecule has 0 bridgehead atoms. The van der Waals surface area contributed by atoms with Crippen molar-refractivity contribution >= 4 is 17.6 Å². The van der Waals surface area contributed by atoms with Crippen molar-refractivity contribution in [1.82, 2.24) is 4.98 Å². The van der Waals surface area contributed by atoms with Gasteiger partial charge in [0, 0.05) is 22.8 Å². The van der Waals surface area contributed by atoms with E-state index in [1.807, 2.05) is 18.3 Å². The second-order valence-electron chi connectivity index (χ2n) is 2.76. The van der Waals surface area contributed by atoms with Crippen LogP contribution in [0.15, 0.2) is 18.3 Å². The van der Waals surface area contributed by atoms with Crippen molar-refractivity contribution in [2.45, 2.75) is 26.2 Å². The van der Waals surface area contributed by atoms with Gasteiger partial charge in [0.05, 0.1) is 0 Å². The summed E-state index contributed by atoms with van der Waals surface area (Å²) in [7, 11) is 0. The van der Waals surface area contributed by atoms with E-state index in [1.165, 1.54) is 12.8 Å². The molecule has 0 aliphatic carbocycles. The van der Waals surface area contributed by atoms with Gasteiger partial charge in [-0.2, -0.15) is 0 Å². The molecule has 0 aliphatic rings. The lowest BCUT2D eigenvalue weighted by atomic mass is 10.1. The zero-order valence-electron chi connectivity index (χ0n) is 7.29. The number of hydrogen-bond donors (Lipinski definition) is 0. The predicted octanol–water partition coefficient (Wildman–Crippen LogP) is 2.77. The van der Waals surface area contributed by atoms with Crippen LogP contribution in [0.25, 0.3) is 0 Å². The molecule has 12 heavy (non-hydrogen) atoms. The fourth-order valence-corrected chi connectivity index (χ4v) is 1.33. The minimum absolute atomic E-state index is 1.04. The number of thiocarbonyl (C=S) groups is 1. The maximum Gasteiger partial charge on any atom is 0.0484 e. The van der Waals surface area contributed by atoms with Crippen LogP contribution < -0.4 is 0 Å². The molecule has 0 atom stereocenters. The van der Waals surface area contributed by atoms with E-state index in [-0.39, 0.29) is 0 Å². The molecule has 0 aromatic carbocycles. The molecule has 0 fully saturated rings. The van der Waals surface area contributed by atoms with Crippen molar-refractivity contribution in [2.24, 2.45) is 0 Å². The Morgan fingerprint density at radius 1 is 1.58 bits per heavy atom. The third-order valence-corrected chi connectivity index (χ3v) is 2.07. The first-order chi connectivity index (χ1) is 5.88. The Labute approximate surface area is 78.8 Å². The van der Waals surface area contributed by atoms with E-state index in [9.17, 15) is 0 Å². The van der Waals surface area contributed by atoms with Gasteiger partial charge in [-0.3, -0.25) is 4.98 Å². The molecule has 0 amide bonds. The van der Waals surface area contributed by atoms with E-state index in [4.69, 9.17) is 12.2 Å². The lowest BCUT2D eigenvalue weighted by Crippen LogP contribution is -1.95. The monoisotopic (exact) mass is 179 g/mol. The van der Waals surface area contributed by atoms with Gasteiger partial charge in [-0.1, -0.05) is 31.6 Å². The van der Waals surface area contributed by atoms with Gasteiger partial charge in [0.15, 0.2) is 0 Å². The summed E-state index contributed by atoms with van der Waals surface area (Å²) in [6.45, 7) is 2.18. The average Bonchev–Trinajstić information content (AvgIpc) is 2.15. The molecule has 0 radical (unpaired) electrons. The molecular formula is C10H13NS. The first-order valence-corrected chi connectivity index (χ1v) is 4.74. The van der Waals surface area contributed by atoms with Gasteiger partial charge in [0.2, 0.25) is 0 Å². The van der Waals surface area contributed by atoms with E-state index in [0.717, 1.165) is 17.7 Å². The number of aromatic nitrogens is 1. The molecule has 0 saturated carbocycles. The molecule has 0 aliphatic heterocycles. The summed E-state index contributed by atoms with van der Waals surface area (Å²) in [5.41, 5.74) is 2.23. The molecule has 1 nitrogen and oxygen atoms in total. The standard InChI is InChI=1S/C10H13NS/c1-2-3-6-10-9(8-12)5-4-7-11-10/h4-5,7-8H,2-3,6H2,1H3. The van der Waals surface area contributed by atoms with E-state index < -0.39 is 0 Å². The summed E-state index contributed by atoms with van der Waals surface area (Å²) >= 11 is 4.89. The van der Waals surface area contributed by atoms with E-state index in [1.54, 1.807) is 5.37 Å². The fourth-order valence-electron chi connectivity index (χ4n) is 1.11. The zero-order chi connectivity index (χ0) is 8.81. The first kappa shape index (κ1) is 9.33. The van der Waals surface area contributed by atoms with Crippen molar-refractivity contribution in [3.8, 4) is 0 Å². The molecule has 0 spiro atoms. The number of nitrogens with zero attached hydrogens (tertiary/aromatic N) is 1. The topological polar surface area (TPSA) is 12.9 Å². The number of rotatable bonds is 4. The maximum atomic E-state index is 4.89. The Hall–Kier alpha value is -0.760. The highest BCUT2D eigenvalue weighted by molar-refractivity contribution is 7.79. The highest BCUT2D eigenvalue weighted by Crippen LogP contribution is 2.06. The average molecular weight is 179 g/mol. The summed E-state index contributed by atoms with van der Waals surface area (Å²) in [6, 6.07) is 3.94. The van der Waals surface area contributed by atoms with Crippen LogP contribution in [0.3, 0.4) is 0 Å². The maximum absolute atomic E-state index is 4.89. The third-order valence-electron chi connectivity index (χ3n) is 1.82. The normalized spacial score (nSPS) is 9.75. The molecule has 0 unspecified atom stereocenters. The number of aryl methyl sites for hydroxylation is 1. The van der Waals surface area contributed by atoms with Gasteiger partial charge in [-0.05, 0) is 18.9 Å². The summed E-state index contributed by atoms with van der Waals surface area (Å²) < 4.78 is 0. The molecule has 1 aromatic rings. The van der Waals surface area contributed by atoms with Gasteiger partial charge >= 0.3 is 0 Å². The van der Waals surface area contributed by atoms with Gasteiger partial charge in [-0.25, -0.2) is 0 Å². The second-order valence-corrected chi connectivity index (χ2v) is 3.00. The number of hydrogen-bond acceptors (Lipinski definition) is 2. The quantitative estimate of drug-likeness (QED) is 0.659. The molecule has 1 rings (SSSR count). The molecule has 2 heteroatoms. The van der Waals surface area contributed by atoms with Gasteiger partial charge in [0.25, 0.3) is 0 Å². The van der Waals surface area contributed by atoms with E-state index in [0.29, 0.717) is 0 Å². The lowest BCUT2D eigenvalue weighted by molar-refractivity contribution is 0.776. The second kappa shape index (κ2) is 4.99. The van der Waals surface area contributed by atoms with Crippen LogP contribution in [0.4, 0.5) is 0 Å². The van der Waals surface area contributed by atoms with Crippen LogP contribution in [0.1, 0.15) is 31.0 Å². The Balaban J connectivity index is 2.75. The first-order valence-electron chi connectivity index (χ1n) is 4.27. The van der Waals surface area contributed by atoms with Gasteiger partial charge in [-0.15, -0.1) is 0 Å². The smallest absolute Gasteiger partial charge is 0.0484 e. The van der Waals surface area contributed by atoms with Crippen LogP contribution in [0.5, 0.6) is 0 Å². The van der Waals surface area contributed by atoms with E-state index in [2.05, 4.69) is 11.9 Å². The Morgan fingerprint density at radius 2 is 2.42 bits per heavy atom. The predicted molar refractivity (Wildman–Crippen MR) is 55.6 cm³/mol. The molecule has 1 aromatic heterocycles. The minimum atomic E-state index is 1.04. The largest absolute Gasteiger partial charge is 0.261 e. The molecule has 0 saturated heterocycles. The third kappa shape index (κ3) is 2.38. The number of pyridine rings is 1. The molecule has 64 valence electrons. The highest BCUT2D eigenvalue weighted by atomic mass is 32.1. The number of unbranched alkanes of at least 4 members (excludes halogenated alkanes) is 1. The summed E-state index contributed by atoms with van der Waals surface area (Å²) in [5.74, 6) is 0. The Kier molecular flexibility index (Phi) is 3.88. The molecule has 1 heterocycles. The Bertz CT molecular complexity index is 258. The van der Waals surface area contributed by atoms with Crippen LogP contribution in [-0.4, -0.2) is 10.4 Å². The SMILES string of the molecule is CCCCc1ncccc1C=S. The van der Waals surface area contributed by atoms with Crippen LogP contribution in [0, 0.1) is 0 Å². The van der Waals surface area contributed by atoms with E-state index >= 15 is 0 Å². The van der Waals surface area contributed by atoms with Crippen molar-refractivity contribution in [3.05, 3.63) is 29.6 Å². The minimum Gasteiger partial charge on any atom is -0.261 e. The van der Waals surface area contributed by atoms with Crippen molar-refractivity contribution in [1.29, 1.82) is 0 Å². The lowest BCUT2D eigenvalue weighted by Gasteiger charge is -2.01. The van der Waals surface area contributed by atoms with Gasteiger partial charge in [0.1, 0.15) is 0 Å². The summed E-state index contributed by atoms with van der Waals surface area (Å²) in [6.07, 6.45) is 5.26. The zero-order valence-corrected chi connectivity index (χ0v) is 8.10. The van der Waals surface area contributed by atoms with Crippen LogP contribution in [-0.2, 0) is 6.42 Å². The van der Waals surface area contributed by atoms with Crippen LogP contribution in [0.2, 0.25) is 0 Å². The highest BCUT2D eigenvalue weighted by Gasteiger charge is 1.98. The van der Waals surface area contributed by atoms with Crippen molar-refractivity contribution in [3.63, 3.8) is 0 Å². The van der Waals surface area contributed by atoms with Crippen molar-refractivity contribution < 1.29 is 0 Å². The summed E-state index contributed by atoms with van der Waals surface area (Å²) in [4.78, 5) is 4.29. The molecular weight excluding hydrogens is 166 g/mol. The van der Waals surface area contributed by atoms with Gasteiger partial charge < -0.3 is 0 Å².